The van der Waals surface area contributed by atoms with Crippen LogP contribution in [0, 0.1) is 30.9 Å². The maximum Gasteiger partial charge on any atom is 0.311 e. The Bertz CT molecular complexity index is 701. The summed E-state index contributed by atoms with van der Waals surface area (Å²) in [7, 11) is 1.74. The van der Waals surface area contributed by atoms with Gasteiger partial charge in [-0.05, 0) is 26.3 Å². The molecule has 1 aromatic heterocycles. The van der Waals surface area contributed by atoms with Gasteiger partial charge in [0.05, 0.1) is 10.5 Å². The summed E-state index contributed by atoms with van der Waals surface area (Å²) in [6.07, 6.45) is 0. The number of para-hydroxylation sites is 1. The quantitative estimate of drug-likeness (QED) is 0.686. The van der Waals surface area contributed by atoms with Crippen LogP contribution in [0.5, 0.6) is 11.6 Å². The molecule has 0 radical (unpaired) electrons. The average molecular weight is 288 g/mol. The maximum absolute atomic E-state index is 11.1. The van der Waals surface area contributed by atoms with Crippen LogP contribution in [0.1, 0.15) is 17.0 Å². The first-order valence-corrected chi connectivity index (χ1v) is 6.39. The minimum absolute atomic E-state index is 0.0864. The molecule has 0 amide bonds. The van der Waals surface area contributed by atoms with Gasteiger partial charge in [-0.25, -0.2) is 4.98 Å². The number of aryl methyl sites for hydroxylation is 2. The van der Waals surface area contributed by atoms with Crippen molar-refractivity contribution in [2.45, 2.75) is 20.8 Å². The highest BCUT2D eigenvalue weighted by molar-refractivity contribution is 5.55. The Morgan fingerprint density at radius 2 is 1.95 bits per heavy atom. The van der Waals surface area contributed by atoms with Crippen LogP contribution in [0.2, 0.25) is 0 Å². The molecule has 2 aromatic rings. The van der Waals surface area contributed by atoms with Gasteiger partial charge < -0.3 is 10.1 Å². The Morgan fingerprint density at radius 1 is 1.24 bits per heavy atom. The number of nitro groups is 1. The zero-order valence-electron chi connectivity index (χ0n) is 12.3. The van der Waals surface area contributed by atoms with E-state index in [1.54, 1.807) is 40.0 Å². The fraction of sp³-hybridized carbons (Fsp3) is 0.286. The lowest BCUT2D eigenvalue weighted by molar-refractivity contribution is -0.385. The van der Waals surface area contributed by atoms with Crippen molar-refractivity contribution >= 4 is 11.5 Å². The predicted octanol–water partition coefficient (Wildman–Crippen LogP) is 3.14. The summed E-state index contributed by atoms with van der Waals surface area (Å²) in [6, 6.07) is 4.78. The molecule has 1 aromatic carbocycles. The van der Waals surface area contributed by atoms with Crippen LogP contribution >= 0.6 is 0 Å². The molecule has 2 rings (SSSR count). The van der Waals surface area contributed by atoms with E-state index in [0.29, 0.717) is 28.6 Å². The number of aromatic nitrogens is 2. The standard InChI is InChI=1S/C14H16N4O3/c1-8-6-5-7-11(18(19)20)12(8)21-14-9(2)13(15-4)16-10(3)17-14/h5-7H,1-4H3,(H,15,16,17). The lowest BCUT2D eigenvalue weighted by Gasteiger charge is -2.13. The molecule has 0 aliphatic carbocycles. The summed E-state index contributed by atoms with van der Waals surface area (Å²) in [4.78, 5) is 19.1. The van der Waals surface area contributed by atoms with Gasteiger partial charge in [-0.2, -0.15) is 4.98 Å². The number of hydrogen-bond acceptors (Lipinski definition) is 6. The lowest BCUT2D eigenvalue weighted by atomic mass is 10.2. The normalized spacial score (nSPS) is 10.3. The molecule has 0 spiro atoms. The van der Waals surface area contributed by atoms with Crippen molar-refractivity contribution < 1.29 is 9.66 Å². The van der Waals surface area contributed by atoms with Crippen molar-refractivity contribution in [3.05, 3.63) is 45.3 Å². The van der Waals surface area contributed by atoms with E-state index in [1.807, 2.05) is 0 Å². The number of nitro benzene ring substituents is 1. The first-order valence-electron chi connectivity index (χ1n) is 6.39. The second kappa shape index (κ2) is 5.74. The van der Waals surface area contributed by atoms with Crippen LogP contribution in [0.25, 0.3) is 0 Å². The van der Waals surface area contributed by atoms with Gasteiger partial charge in [0.15, 0.2) is 0 Å². The van der Waals surface area contributed by atoms with Crippen LogP contribution in [0.4, 0.5) is 11.5 Å². The highest BCUT2D eigenvalue weighted by Crippen LogP contribution is 2.35. The van der Waals surface area contributed by atoms with E-state index < -0.39 is 4.92 Å². The largest absolute Gasteiger partial charge is 0.431 e. The first-order chi connectivity index (χ1) is 9.93. The van der Waals surface area contributed by atoms with E-state index in [-0.39, 0.29) is 11.4 Å². The van der Waals surface area contributed by atoms with Crippen LogP contribution in [0.15, 0.2) is 18.2 Å². The molecule has 0 fully saturated rings. The van der Waals surface area contributed by atoms with Gasteiger partial charge in [-0.1, -0.05) is 12.1 Å². The third-order valence-electron chi connectivity index (χ3n) is 3.04. The van der Waals surface area contributed by atoms with Gasteiger partial charge in [0.2, 0.25) is 11.6 Å². The number of nitrogens with one attached hydrogen (secondary N) is 1. The summed E-state index contributed by atoms with van der Waals surface area (Å²) in [5.41, 5.74) is 1.28. The van der Waals surface area contributed by atoms with Gasteiger partial charge in [0.1, 0.15) is 11.6 Å². The Hall–Kier alpha value is -2.70. The molecule has 0 saturated heterocycles. The molecular weight excluding hydrogens is 272 g/mol. The van der Waals surface area contributed by atoms with Gasteiger partial charge in [0, 0.05) is 13.1 Å². The Kier molecular flexibility index (Phi) is 4.02. The van der Waals surface area contributed by atoms with Crippen molar-refractivity contribution in [1.29, 1.82) is 0 Å². The van der Waals surface area contributed by atoms with Crippen LogP contribution in [-0.4, -0.2) is 21.9 Å². The molecule has 7 heteroatoms. The highest BCUT2D eigenvalue weighted by atomic mass is 16.6. The molecule has 1 N–H and O–H groups in total. The number of anilines is 1. The molecule has 7 nitrogen and oxygen atoms in total. The van der Waals surface area contributed by atoms with Crippen molar-refractivity contribution in [1.82, 2.24) is 9.97 Å². The third kappa shape index (κ3) is 2.91. The average Bonchev–Trinajstić information content (AvgIpc) is 2.44. The van der Waals surface area contributed by atoms with Crippen molar-refractivity contribution in [3.63, 3.8) is 0 Å². The monoisotopic (exact) mass is 288 g/mol. The molecule has 0 atom stereocenters. The van der Waals surface area contributed by atoms with Gasteiger partial charge in [0.25, 0.3) is 0 Å². The second-order valence-electron chi connectivity index (χ2n) is 4.58. The van der Waals surface area contributed by atoms with Gasteiger partial charge in [-0.3, -0.25) is 10.1 Å². The lowest BCUT2D eigenvalue weighted by Crippen LogP contribution is -2.04. The Labute approximate surface area is 122 Å². The summed E-state index contributed by atoms with van der Waals surface area (Å²) in [5, 5.41) is 14.1. The van der Waals surface area contributed by atoms with Crippen molar-refractivity contribution in [2.75, 3.05) is 12.4 Å². The zero-order chi connectivity index (χ0) is 15.6. The van der Waals surface area contributed by atoms with E-state index in [4.69, 9.17) is 4.74 Å². The van der Waals surface area contributed by atoms with E-state index in [9.17, 15) is 10.1 Å². The maximum atomic E-state index is 11.1. The predicted molar refractivity (Wildman–Crippen MR) is 79.0 cm³/mol. The Balaban J connectivity index is 2.53. The topological polar surface area (TPSA) is 90.2 Å². The van der Waals surface area contributed by atoms with Crippen LogP contribution in [0.3, 0.4) is 0 Å². The van der Waals surface area contributed by atoms with Crippen molar-refractivity contribution in [2.24, 2.45) is 0 Å². The molecule has 0 aliphatic heterocycles. The summed E-state index contributed by atoms with van der Waals surface area (Å²) in [6.45, 7) is 5.29. The molecule has 110 valence electrons. The zero-order valence-corrected chi connectivity index (χ0v) is 12.3. The molecular formula is C14H16N4O3. The molecule has 0 aliphatic rings. The molecule has 1 heterocycles. The summed E-state index contributed by atoms with van der Waals surface area (Å²) < 4.78 is 5.72. The minimum atomic E-state index is -0.468. The van der Waals surface area contributed by atoms with E-state index in [1.165, 1.54) is 6.07 Å². The van der Waals surface area contributed by atoms with Gasteiger partial charge >= 0.3 is 5.69 Å². The third-order valence-corrected chi connectivity index (χ3v) is 3.04. The Morgan fingerprint density at radius 3 is 2.57 bits per heavy atom. The summed E-state index contributed by atoms with van der Waals surface area (Å²) >= 11 is 0. The molecule has 21 heavy (non-hydrogen) atoms. The molecule has 0 bridgehead atoms. The number of hydrogen-bond donors (Lipinski definition) is 1. The number of rotatable bonds is 4. The van der Waals surface area contributed by atoms with Crippen molar-refractivity contribution in [3.8, 4) is 11.6 Å². The fourth-order valence-corrected chi connectivity index (χ4v) is 1.96. The molecule has 0 unspecified atom stereocenters. The van der Waals surface area contributed by atoms with E-state index in [0.717, 1.165) is 0 Å². The minimum Gasteiger partial charge on any atom is -0.431 e. The van der Waals surface area contributed by atoms with E-state index >= 15 is 0 Å². The number of benzene rings is 1. The highest BCUT2D eigenvalue weighted by Gasteiger charge is 2.20. The SMILES string of the molecule is CNc1nc(C)nc(Oc2c(C)cccc2[N+](=O)[O-])c1C. The van der Waals surface area contributed by atoms with Crippen LogP contribution < -0.4 is 10.1 Å². The second-order valence-corrected chi connectivity index (χ2v) is 4.58. The summed E-state index contributed by atoms with van der Waals surface area (Å²) in [5.74, 6) is 1.67. The fourth-order valence-electron chi connectivity index (χ4n) is 1.96. The van der Waals surface area contributed by atoms with Crippen LogP contribution in [-0.2, 0) is 0 Å². The number of nitrogens with zero attached hydrogens (tertiary/aromatic N) is 3. The smallest absolute Gasteiger partial charge is 0.311 e. The van der Waals surface area contributed by atoms with Gasteiger partial charge in [-0.15, -0.1) is 0 Å². The first kappa shape index (κ1) is 14.7. The molecule has 0 saturated carbocycles. The van der Waals surface area contributed by atoms with E-state index in [2.05, 4.69) is 15.3 Å². The number of ether oxygens (including phenoxy) is 1.